The van der Waals surface area contributed by atoms with Crippen LogP contribution in [0.15, 0.2) is 84.1 Å². The minimum absolute atomic E-state index is 0.0166. The zero-order valence-electron chi connectivity index (χ0n) is 19.5. The summed E-state index contributed by atoms with van der Waals surface area (Å²) in [5.41, 5.74) is 6.04. The van der Waals surface area contributed by atoms with Gasteiger partial charge in [-0.2, -0.15) is 20.1 Å². The van der Waals surface area contributed by atoms with E-state index in [0.717, 1.165) is 27.9 Å². The van der Waals surface area contributed by atoms with E-state index < -0.39 is 4.92 Å². The van der Waals surface area contributed by atoms with Crippen molar-refractivity contribution in [3.63, 3.8) is 0 Å². The third-order valence-electron chi connectivity index (χ3n) is 5.31. The van der Waals surface area contributed by atoms with Crippen LogP contribution in [-0.2, 0) is 0 Å². The fraction of sp³-hybridized carbons (Fsp3) is 0.0400. The van der Waals surface area contributed by atoms with Gasteiger partial charge in [-0.25, -0.2) is 5.43 Å². The topological polar surface area (TPSA) is 155 Å². The van der Waals surface area contributed by atoms with Crippen LogP contribution in [0.5, 0.6) is 5.75 Å². The maximum atomic E-state index is 10.9. The second kappa shape index (κ2) is 10.4. The molecule has 2 heterocycles. The second-order valence-corrected chi connectivity index (χ2v) is 7.75. The number of H-pyrrole nitrogens is 1. The van der Waals surface area contributed by atoms with Crippen molar-refractivity contribution in [3.05, 3.63) is 94.7 Å². The molecule has 2 aromatic heterocycles. The second-order valence-electron chi connectivity index (χ2n) is 7.75. The summed E-state index contributed by atoms with van der Waals surface area (Å²) in [7, 11) is 1.60. The maximum Gasteiger partial charge on any atom is 0.269 e. The molecule has 5 rings (SSSR count). The highest BCUT2D eigenvalue weighted by Gasteiger charge is 2.10. The molecular formula is C25H21N9O3. The summed E-state index contributed by atoms with van der Waals surface area (Å²) in [5.74, 6) is 1.38. The van der Waals surface area contributed by atoms with Gasteiger partial charge >= 0.3 is 0 Å². The maximum absolute atomic E-state index is 10.9. The van der Waals surface area contributed by atoms with Crippen molar-refractivity contribution in [2.75, 3.05) is 23.2 Å². The van der Waals surface area contributed by atoms with Crippen molar-refractivity contribution in [2.45, 2.75) is 0 Å². The lowest BCUT2D eigenvalue weighted by molar-refractivity contribution is -0.384. The van der Waals surface area contributed by atoms with Crippen LogP contribution >= 0.6 is 0 Å². The third kappa shape index (κ3) is 5.59. The van der Waals surface area contributed by atoms with Crippen LogP contribution in [-0.4, -0.2) is 38.2 Å². The zero-order chi connectivity index (χ0) is 25.6. The molecule has 184 valence electrons. The predicted octanol–water partition coefficient (Wildman–Crippen LogP) is 5.20. The van der Waals surface area contributed by atoms with E-state index in [0.29, 0.717) is 5.69 Å². The molecule has 3 aromatic carbocycles. The molecule has 0 saturated heterocycles. The Bertz CT molecular complexity index is 1570. The van der Waals surface area contributed by atoms with E-state index in [1.54, 1.807) is 25.5 Å². The number of benzene rings is 3. The van der Waals surface area contributed by atoms with Crippen molar-refractivity contribution in [3.8, 4) is 5.75 Å². The Labute approximate surface area is 210 Å². The Hall–Kier alpha value is -5.52. The molecule has 5 aromatic rings. The number of rotatable bonds is 9. The number of para-hydroxylation sites is 1. The summed E-state index contributed by atoms with van der Waals surface area (Å²) in [6.45, 7) is 0. The summed E-state index contributed by atoms with van der Waals surface area (Å²) in [5, 5.41) is 22.4. The van der Waals surface area contributed by atoms with Gasteiger partial charge < -0.3 is 20.4 Å². The summed E-state index contributed by atoms with van der Waals surface area (Å²) in [6, 6.07) is 21.1. The highest BCUT2D eigenvalue weighted by molar-refractivity contribution is 5.99. The number of aromatic nitrogens is 4. The van der Waals surface area contributed by atoms with Gasteiger partial charge in [0, 0.05) is 46.2 Å². The first-order valence-corrected chi connectivity index (χ1v) is 11.1. The largest absolute Gasteiger partial charge is 0.497 e. The number of hydrazone groups is 1. The first-order chi connectivity index (χ1) is 18.1. The zero-order valence-corrected chi connectivity index (χ0v) is 19.5. The van der Waals surface area contributed by atoms with Gasteiger partial charge in [0.25, 0.3) is 5.69 Å². The molecule has 0 aliphatic rings. The molecule has 0 aliphatic carbocycles. The van der Waals surface area contributed by atoms with Gasteiger partial charge in [-0.05, 0) is 42.5 Å². The smallest absolute Gasteiger partial charge is 0.269 e. The molecule has 12 heteroatoms. The number of hydrogen-bond donors (Lipinski definition) is 4. The molecule has 0 spiro atoms. The number of non-ortho nitro benzene ring substituents is 1. The van der Waals surface area contributed by atoms with Crippen molar-refractivity contribution >= 4 is 52.0 Å². The Morgan fingerprint density at radius 1 is 0.892 bits per heavy atom. The number of anilines is 5. The average molecular weight is 496 g/mol. The van der Waals surface area contributed by atoms with Gasteiger partial charge in [0.15, 0.2) is 0 Å². The Balaban J connectivity index is 1.40. The minimum Gasteiger partial charge on any atom is -0.497 e. The van der Waals surface area contributed by atoms with Crippen LogP contribution in [0.25, 0.3) is 10.9 Å². The number of nitro benzene ring substituents is 1. The third-order valence-corrected chi connectivity index (χ3v) is 5.31. The molecular weight excluding hydrogens is 474 g/mol. The quantitative estimate of drug-likeness (QED) is 0.123. The van der Waals surface area contributed by atoms with E-state index in [-0.39, 0.29) is 23.5 Å². The van der Waals surface area contributed by atoms with Crippen LogP contribution < -0.4 is 20.8 Å². The van der Waals surface area contributed by atoms with Gasteiger partial charge in [0.05, 0.1) is 18.2 Å². The molecule has 0 fully saturated rings. The highest BCUT2D eigenvalue weighted by Crippen LogP contribution is 2.22. The van der Waals surface area contributed by atoms with Crippen molar-refractivity contribution in [1.82, 2.24) is 19.9 Å². The molecule has 0 amide bonds. The Morgan fingerprint density at radius 2 is 1.51 bits per heavy atom. The van der Waals surface area contributed by atoms with Crippen LogP contribution in [0, 0.1) is 10.1 Å². The van der Waals surface area contributed by atoms with E-state index in [4.69, 9.17) is 4.74 Å². The van der Waals surface area contributed by atoms with E-state index in [2.05, 4.69) is 41.1 Å². The van der Waals surface area contributed by atoms with E-state index in [1.807, 2.05) is 54.7 Å². The summed E-state index contributed by atoms with van der Waals surface area (Å²) < 4.78 is 5.20. The summed E-state index contributed by atoms with van der Waals surface area (Å²) >= 11 is 0. The molecule has 0 radical (unpaired) electrons. The Kier molecular flexibility index (Phi) is 6.53. The van der Waals surface area contributed by atoms with Crippen molar-refractivity contribution < 1.29 is 9.66 Å². The molecule has 0 unspecified atom stereocenters. The van der Waals surface area contributed by atoms with Crippen LogP contribution in [0.3, 0.4) is 0 Å². The summed E-state index contributed by atoms with van der Waals surface area (Å²) in [6.07, 6.45) is 3.53. The van der Waals surface area contributed by atoms with Crippen LogP contribution in [0.1, 0.15) is 5.56 Å². The lowest BCUT2D eigenvalue weighted by atomic mass is 10.2. The molecule has 0 aliphatic heterocycles. The van der Waals surface area contributed by atoms with E-state index in [1.165, 1.54) is 12.1 Å². The standard InChI is InChI=1S/C25H21N9O3/c1-37-20-12-8-18(9-13-20)29-24-30-23(28-17-6-10-19(11-7-17)34(35)36)31-25(32-24)33-27-15-16-14-26-22-5-3-2-4-21(16)22/h2-15,26H,1H3,(H3,28,29,30,31,32,33)/b27-15+. The molecule has 0 saturated carbocycles. The lowest BCUT2D eigenvalue weighted by Crippen LogP contribution is -2.07. The van der Waals surface area contributed by atoms with Crippen LogP contribution in [0.4, 0.5) is 34.9 Å². The molecule has 0 atom stereocenters. The number of nitro groups is 1. The Morgan fingerprint density at radius 3 is 2.16 bits per heavy atom. The van der Waals surface area contributed by atoms with Crippen molar-refractivity contribution in [2.24, 2.45) is 5.10 Å². The molecule has 0 bridgehead atoms. The minimum atomic E-state index is -0.461. The first-order valence-electron chi connectivity index (χ1n) is 11.1. The summed E-state index contributed by atoms with van der Waals surface area (Å²) in [4.78, 5) is 26.9. The molecule has 37 heavy (non-hydrogen) atoms. The van der Waals surface area contributed by atoms with Gasteiger partial charge in [-0.1, -0.05) is 18.2 Å². The number of nitrogens with zero attached hydrogens (tertiary/aromatic N) is 5. The predicted molar refractivity (Wildman–Crippen MR) is 142 cm³/mol. The lowest BCUT2D eigenvalue weighted by Gasteiger charge is -2.10. The van der Waals surface area contributed by atoms with Gasteiger partial charge in [-0.15, -0.1) is 0 Å². The van der Waals surface area contributed by atoms with Gasteiger partial charge in [-0.3, -0.25) is 10.1 Å². The average Bonchev–Trinajstić information content (AvgIpc) is 3.32. The number of ether oxygens (including phenoxy) is 1. The first kappa shape index (κ1) is 23.2. The number of aromatic amines is 1. The fourth-order valence-electron chi connectivity index (χ4n) is 3.50. The number of hydrogen-bond acceptors (Lipinski definition) is 10. The molecule has 12 nitrogen and oxygen atoms in total. The number of nitrogens with one attached hydrogen (secondary N) is 4. The van der Waals surface area contributed by atoms with Crippen LogP contribution in [0.2, 0.25) is 0 Å². The highest BCUT2D eigenvalue weighted by atomic mass is 16.6. The SMILES string of the molecule is COc1ccc(Nc2nc(N/N=C/c3c[nH]c4ccccc34)nc(Nc3ccc([N+](=O)[O-])cc3)n2)cc1. The monoisotopic (exact) mass is 495 g/mol. The normalized spacial score (nSPS) is 10.9. The number of fused-ring (bicyclic) bond motifs is 1. The van der Waals surface area contributed by atoms with Crippen molar-refractivity contribution in [1.29, 1.82) is 0 Å². The van der Waals surface area contributed by atoms with Gasteiger partial charge in [0.2, 0.25) is 17.8 Å². The van der Waals surface area contributed by atoms with Gasteiger partial charge in [0.1, 0.15) is 5.75 Å². The van der Waals surface area contributed by atoms with E-state index >= 15 is 0 Å². The van der Waals surface area contributed by atoms with E-state index in [9.17, 15) is 10.1 Å². The number of methoxy groups -OCH3 is 1. The molecule has 4 N–H and O–H groups in total. The fourth-order valence-corrected chi connectivity index (χ4v) is 3.50.